The van der Waals surface area contributed by atoms with E-state index in [0.717, 1.165) is 24.0 Å². The van der Waals surface area contributed by atoms with Gasteiger partial charge in [-0.25, -0.2) is 9.59 Å². The van der Waals surface area contributed by atoms with Gasteiger partial charge in [0, 0.05) is 30.4 Å². The molecule has 8 heteroatoms. The summed E-state index contributed by atoms with van der Waals surface area (Å²) < 4.78 is 5.59. The van der Waals surface area contributed by atoms with Gasteiger partial charge in [-0.15, -0.1) is 0 Å². The van der Waals surface area contributed by atoms with E-state index in [-0.39, 0.29) is 18.0 Å². The zero-order valence-electron chi connectivity index (χ0n) is 22.6. The minimum Gasteiger partial charge on any atom is -0.443 e. The molecule has 1 saturated carbocycles. The van der Waals surface area contributed by atoms with Crippen LogP contribution in [0.15, 0.2) is 84.9 Å². The average Bonchev–Trinajstić information content (AvgIpc) is 3.73. The fraction of sp³-hybridized carbons (Fsp3) is 0.323. The molecular formula is C31H36N4O4. The third kappa shape index (κ3) is 8.60. The van der Waals surface area contributed by atoms with Crippen LogP contribution in [0.4, 0.5) is 21.0 Å². The molecule has 0 bridgehead atoms. The summed E-state index contributed by atoms with van der Waals surface area (Å²) >= 11 is 0. The molecule has 1 aliphatic rings. The zero-order chi connectivity index (χ0) is 27.8. The van der Waals surface area contributed by atoms with Crippen LogP contribution in [0, 0.1) is 0 Å². The number of benzene rings is 3. The Kier molecular flexibility index (Phi) is 8.86. The number of amides is 4. The van der Waals surface area contributed by atoms with Crippen molar-refractivity contribution in [2.75, 3.05) is 10.2 Å². The molecule has 4 amide bonds. The molecule has 4 rings (SSSR count). The summed E-state index contributed by atoms with van der Waals surface area (Å²) in [5.74, 6) is -0.340. The van der Waals surface area contributed by atoms with Gasteiger partial charge < -0.3 is 20.7 Å². The summed E-state index contributed by atoms with van der Waals surface area (Å²) in [5.41, 5.74) is 2.57. The Bertz CT molecular complexity index is 1250. The van der Waals surface area contributed by atoms with Crippen LogP contribution in [-0.4, -0.2) is 35.7 Å². The summed E-state index contributed by atoms with van der Waals surface area (Å²) in [6.07, 6.45) is 1.81. The highest BCUT2D eigenvalue weighted by Crippen LogP contribution is 2.33. The van der Waals surface area contributed by atoms with Gasteiger partial charge in [-0.3, -0.25) is 9.69 Å². The van der Waals surface area contributed by atoms with Crippen LogP contribution < -0.4 is 20.9 Å². The van der Waals surface area contributed by atoms with Crippen molar-refractivity contribution in [3.05, 3.63) is 96.1 Å². The van der Waals surface area contributed by atoms with Crippen LogP contribution >= 0.6 is 0 Å². The molecular weight excluding hydrogens is 492 g/mol. The molecule has 0 aromatic heterocycles. The SMILES string of the molecule is CC(C)(C)OC(=O)N(c1ccc(NC(=O)C(Cc2ccccc2)NC(=O)NCc2ccccc2)cc1)C1CC1. The van der Waals surface area contributed by atoms with E-state index in [9.17, 15) is 14.4 Å². The Morgan fingerprint density at radius 3 is 2.03 bits per heavy atom. The quantitative estimate of drug-likeness (QED) is 0.335. The highest BCUT2D eigenvalue weighted by molar-refractivity contribution is 5.97. The molecule has 1 atom stereocenters. The molecule has 1 fully saturated rings. The van der Waals surface area contributed by atoms with Gasteiger partial charge in [-0.1, -0.05) is 60.7 Å². The van der Waals surface area contributed by atoms with Crippen LogP contribution in [0.25, 0.3) is 0 Å². The van der Waals surface area contributed by atoms with Gasteiger partial charge in [-0.2, -0.15) is 0 Å². The van der Waals surface area contributed by atoms with Gasteiger partial charge in [0.1, 0.15) is 11.6 Å². The number of urea groups is 1. The molecule has 3 N–H and O–H groups in total. The first-order valence-electron chi connectivity index (χ1n) is 13.2. The first-order chi connectivity index (χ1) is 18.7. The number of nitrogens with zero attached hydrogens (tertiary/aromatic N) is 1. The van der Waals surface area contributed by atoms with E-state index in [2.05, 4.69) is 16.0 Å². The van der Waals surface area contributed by atoms with E-state index in [1.165, 1.54) is 0 Å². The number of ether oxygens (including phenoxy) is 1. The minimum absolute atomic E-state index is 0.120. The Labute approximate surface area is 229 Å². The summed E-state index contributed by atoms with van der Waals surface area (Å²) in [7, 11) is 0. The average molecular weight is 529 g/mol. The first-order valence-corrected chi connectivity index (χ1v) is 13.2. The summed E-state index contributed by atoms with van der Waals surface area (Å²) in [5, 5.41) is 8.54. The van der Waals surface area contributed by atoms with Crippen molar-refractivity contribution >= 4 is 29.4 Å². The minimum atomic E-state index is -0.799. The fourth-order valence-corrected chi connectivity index (χ4v) is 4.09. The maximum Gasteiger partial charge on any atom is 0.415 e. The molecule has 1 aliphatic carbocycles. The molecule has 3 aromatic carbocycles. The number of carbonyl (C=O) groups is 3. The molecule has 0 spiro atoms. The lowest BCUT2D eigenvalue weighted by Gasteiger charge is -2.27. The summed E-state index contributed by atoms with van der Waals surface area (Å²) in [4.78, 5) is 40.4. The van der Waals surface area contributed by atoms with Gasteiger partial charge in [0.05, 0.1) is 0 Å². The Balaban J connectivity index is 1.42. The molecule has 3 aromatic rings. The Morgan fingerprint density at radius 1 is 0.872 bits per heavy atom. The van der Waals surface area contributed by atoms with Gasteiger partial charge in [0.2, 0.25) is 5.91 Å². The maximum atomic E-state index is 13.3. The van der Waals surface area contributed by atoms with Crippen LogP contribution in [0.3, 0.4) is 0 Å². The van der Waals surface area contributed by atoms with E-state index >= 15 is 0 Å². The lowest BCUT2D eigenvalue weighted by Crippen LogP contribution is -2.49. The third-order valence-corrected chi connectivity index (χ3v) is 6.12. The van der Waals surface area contributed by atoms with Crippen LogP contribution in [0.5, 0.6) is 0 Å². The standard InChI is InChI=1S/C31H36N4O4/c1-31(2,3)39-30(38)35(26-18-19-26)25-16-14-24(15-17-25)33-28(36)27(20-22-10-6-4-7-11-22)34-29(37)32-21-23-12-8-5-9-13-23/h4-17,26-27H,18-21H2,1-3H3,(H,33,36)(H2,32,34,37). The highest BCUT2D eigenvalue weighted by atomic mass is 16.6. The van der Waals surface area contributed by atoms with Crippen LogP contribution in [0.1, 0.15) is 44.7 Å². The number of hydrogen-bond donors (Lipinski definition) is 3. The van der Waals surface area contributed by atoms with E-state index in [4.69, 9.17) is 4.74 Å². The largest absolute Gasteiger partial charge is 0.443 e. The van der Waals surface area contributed by atoms with Crippen molar-refractivity contribution < 1.29 is 19.1 Å². The molecule has 8 nitrogen and oxygen atoms in total. The van der Waals surface area contributed by atoms with Crippen molar-refractivity contribution in [3.8, 4) is 0 Å². The maximum absolute atomic E-state index is 13.3. The molecule has 0 saturated heterocycles. The predicted octanol–water partition coefficient (Wildman–Crippen LogP) is 5.64. The first kappa shape index (κ1) is 27.7. The third-order valence-electron chi connectivity index (χ3n) is 6.12. The molecule has 1 unspecified atom stereocenters. The predicted molar refractivity (Wildman–Crippen MR) is 153 cm³/mol. The van der Waals surface area contributed by atoms with E-state index in [1.807, 2.05) is 81.4 Å². The van der Waals surface area contributed by atoms with Crippen molar-refractivity contribution in [1.82, 2.24) is 10.6 Å². The van der Waals surface area contributed by atoms with Gasteiger partial charge >= 0.3 is 12.1 Å². The summed E-state index contributed by atoms with van der Waals surface area (Å²) in [6.45, 7) is 5.88. The van der Waals surface area contributed by atoms with Crippen LogP contribution in [0.2, 0.25) is 0 Å². The monoisotopic (exact) mass is 528 g/mol. The summed E-state index contributed by atoms with van der Waals surface area (Å²) in [6, 6.07) is 25.1. The highest BCUT2D eigenvalue weighted by Gasteiger charge is 2.36. The van der Waals surface area contributed by atoms with Crippen molar-refractivity contribution in [2.45, 2.75) is 64.3 Å². The molecule has 204 valence electrons. The number of nitrogens with one attached hydrogen (secondary N) is 3. The van der Waals surface area contributed by atoms with E-state index in [1.54, 1.807) is 29.2 Å². The van der Waals surface area contributed by atoms with Crippen molar-refractivity contribution in [1.29, 1.82) is 0 Å². The fourth-order valence-electron chi connectivity index (χ4n) is 4.09. The zero-order valence-corrected chi connectivity index (χ0v) is 22.6. The van der Waals surface area contributed by atoms with Gasteiger partial charge in [-0.05, 0) is 69.0 Å². The second-order valence-electron chi connectivity index (χ2n) is 10.7. The Hall–Kier alpha value is -4.33. The molecule has 0 aliphatic heterocycles. The van der Waals surface area contributed by atoms with Gasteiger partial charge in [0.15, 0.2) is 0 Å². The Morgan fingerprint density at radius 2 is 1.46 bits per heavy atom. The second-order valence-corrected chi connectivity index (χ2v) is 10.7. The smallest absolute Gasteiger partial charge is 0.415 e. The number of carbonyl (C=O) groups excluding carboxylic acids is 3. The number of hydrogen-bond acceptors (Lipinski definition) is 4. The normalized spacial score (nSPS) is 13.6. The lowest BCUT2D eigenvalue weighted by molar-refractivity contribution is -0.117. The molecule has 39 heavy (non-hydrogen) atoms. The van der Waals surface area contributed by atoms with Gasteiger partial charge in [0.25, 0.3) is 0 Å². The van der Waals surface area contributed by atoms with E-state index < -0.39 is 17.7 Å². The van der Waals surface area contributed by atoms with E-state index in [0.29, 0.717) is 24.3 Å². The molecule has 0 heterocycles. The van der Waals surface area contributed by atoms with Crippen molar-refractivity contribution in [2.24, 2.45) is 0 Å². The lowest BCUT2D eigenvalue weighted by atomic mass is 10.1. The van der Waals surface area contributed by atoms with Crippen molar-refractivity contribution in [3.63, 3.8) is 0 Å². The van der Waals surface area contributed by atoms with Crippen LogP contribution in [-0.2, 0) is 22.5 Å². The molecule has 0 radical (unpaired) electrons. The number of anilines is 2. The number of rotatable bonds is 9. The second kappa shape index (κ2) is 12.5. The topological polar surface area (TPSA) is 99.8 Å².